The van der Waals surface area contributed by atoms with E-state index < -0.39 is 12.2 Å². The van der Waals surface area contributed by atoms with Crippen LogP contribution in [0.5, 0.6) is 11.5 Å². The van der Waals surface area contributed by atoms with Crippen molar-refractivity contribution in [3.8, 4) is 11.5 Å². The van der Waals surface area contributed by atoms with Crippen molar-refractivity contribution in [2.45, 2.75) is 46.6 Å². The summed E-state index contributed by atoms with van der Waals surface area (Å²) < 4.78 is 18.4. The van der Waals surface area contributed by atoms with Gasteiger partial charge in [-0.3, -0.25) is 0 Å². The van der Waals surface area contributed by atoms with Crippen molar-refractivity contribution in [1.82, 2.24) is 9.55 Å². The molecular formula is C20H28N2O4. The minimum absolute atomic E-state index is 0.264. The number of imidazole rings is 1. The van der Waals surface area contributed by atoms with Crippen molar-refractivity contribution in [1.29, 1.82) is 0 Å². The van der Waals surface area contributed by atoms with E-state index in [2.05, 4.69) is 11.9 Å². The van der Waals surface area contributed by atoms with E-state index in [0.717, 1.165) is 18.6 Å². The second-order valence-electron chi connectivity index (χ2n) is 7.19. The molecule has 1 aromatic carbocycles. The summed E-state index contributed by atoms with van der Waals surface area (Å²) in [5.41, 5.74) is -0.264. The van der Waals surface area contributed by atoms with Gasteiger partial charge in [0, 0.05) is 17.8 Å². The summed E-state index contributed by atoms with van der Waals surface area (Å²) >= 11 is 0. The molecule has 1 unspecified atom stereocenters. The van der Waals surface area contributed by atoms with Crippen molar-refractivity contribution in [2.24, 2.45) is 5.41 Å². The van der Waals surface area contributed by atoms with Gasteiger partial charge in [0.2, 0.25) is 0 Å². The molecule has 0 fully saturated rings. The van der Waals surface area contributed by atoms with E-state index in [-0.39, 0.29) is 12.0 Å². The topological polar surface area (TPSA) is 62.6 Å². The van der Waals surface area contributed by atoms with Gasteiger partial charge in [0.05, 0.1) is 6.61 Å². The number of hydrogen-bond acceptors (Lipinski definition) is 5. The van der Waals surface area contributed by atoms with Crippen LogP contribution in [-0.4, -0.2) is 35.0 Å². The molecule has 6 heteroatoms. The number of aromatic nitrogens is 2. The van der Waals surface area contributed by atoms with E-state index in [4.69, 9.17) is 14.2 Å². The Balaban J connectivity index is 1.91. The van der Waals surface area contributed by atoms with Crippen LogP contribution < -0.4 is 9.47 Å². The average Bonchev–Trinajstić information content (AvgIpc) is 3.13. The smallest absolute Gasteiger partial charge is 0.419 e. The van der Waals surface area contributed by atoms with Crippen molar-refractivity contribution in [2.75, 3.05) is 13.2 Å². The Bertz CT molecular complexity index is 660. The van der Waals surface area contributed by atoms with E-state index in [1.54, 1.807) is 6.20 Å². The third-order valence-corrected chi connectivity index (χ3v) is 3.92. The molecule has 0 bridgehead atoms. The number of carbonyl (C=O) groups is 1. The van der Waals surface area contributed by atoms with Crippen LogP contribution in [0.3, 0.4) is 0 Å². The molecule has 0 aliphatic rings. The quantitative estimate of drug-likeness (QED) is 0.647. The zero-order valence-electron chi connectivity index (χ0n) is 16.0. The van der Waals surface area contributed by atoms with E-state index in [1.165, 1.54) is 17.1 Å². The molecule has 142 valence electrons. The first-order chi connectivity index (χ1) is 12.4. The van der Waals surface area contributed by atoms with Gasteiger partial charge in [-0.05, 0) is 30.7 Å². The molecule has 0 aliphatic heterocycles. The van der Waals surface area contributed by atoms with Gasteiger partial charge >= 0.3 is 6.09 Å². The maximum absolute atomic E-state index is 12.2. The molecule has 2 aromatic rings. The fraction of sp³-hybridized carbons (Fsp3) is 0.500. The Kier molecular flexibility index (Phi) is 7.06. The monoisotopic (exact) mass is 360 g/mol. The lowest BCUT2D eigenvalue weighted by Crippen LogP contribution is -2.37. The van der Waals surface area contributed by atoms with Crippen LogP contribution in [0.15, 0.2) is 43.0 Å². The minimum atomic E-state index is -0.467. The molecule has 0 N–H and O–H groups in total. The molecule has 0 saturated carbocycles. The summed E-state index contributed by atoms with van der Waals surface area (Å²) in [6.07, 6.45) is 5.78. The summed E-state index contributed by atoms with van der Waals surface area (Å²) in [7, 11) is 0. The number of benzene rings is 1. The highest BCUT2D eigenvalue weighted by Crippen LogP contribution is 2.25. The van der Waals surface area contributed by atoms with Crippen molar-refractivity contribution < 1.29 is 19.0 Å². The molecule has 1 atom stereocenters. The maximum Gasteiger partial charge on any atom is 0.419 e. The van der Waals surface area contributed by atoms with Crippen LogP contribution >= 0.6 is 0 Å². The predicted molar refractivity (Wildman–Crippen MR) is 99.7 cm³/mol. The SMILES string of the molecule is CCCCOc1ccc(OCC(OC(=O)n2ccnc2)C(C)(C)C)cc1. The van der Waals surface area contributed by atoms with Crippen LogP contribution in [0.25, 0.3) is 0 Å². The summed E-state index contributed by atoms with van der Waals surface area (Å²) in [5.74, 6) is 1.53. The van der Waals surface area contributed by atoms with Crippen LogP contribution in [0.4, 0.5) is 4.79 Å². The third-order valence-electron chi connectivity index (χ3n) is 3.92. The molecule has 0 amide bonds. The third kappa shape index (κ3) is 6.10. The summed E-state index contributed by atoms with van der Waals surface area (Å²) in [5, 5.41) is 0. The van der Waals surface area contributed by atoms with Gasteiger partial charge in [-0.1, -0.05) is 34.1 Å². The summed E-state index contributed by atoms with van der Waals surface area (Å²) in [6, 6.07) is 7.49. The van der Waals surface area contributed by atoms with Gasteiger partial charge in [-0.15, -0.1) is 0 Å². The molecule has 26 heavy (non-hydrogen) atoms. The Morgan fingerprint density at radius 1 is 1.15 bits per heavy atom. The van der Waals surface area contributed by atoms with Gasteiger partial charge < -0.3 is 14.2 Å². The largest absolute Gasteiger partial charge is 0.494 e. The standard InChI is InChI=1S/C20H28N2O4/c1-5-6-13-24-16-7-9-17(10-8-16)25-14-18(20(2,3)4)26-19(23)22-12-11-21-15-22/h7-12,15,18H,5-6,13-14H2,1-4H3. The van der Waals surface area contributed by atoms with Crippen LogP contribution in [0, 0.1) is 5.41 Å². The molecule has 6 nitrogen and oxygen atoms in total. The van der Waals surface area contributed by atoms with Gasteiger partial charge in [-0.25, -0.2) is 14.3 Å². The normalized spacial score (nSPS) is 12.5. The molecule has 1 aromatic heterocycles. The van der Waals surface area contributed by atoms with Crippen LogP contribution in [0.2, 0.25) is 0 Å². The van der Waals surface area contributed by atoms with Gasteiger partial charge in [-0.2, -0.15) is 0 Å². The van der Waals surface area contributed by atoms with Crippen LogP contribution in [-0.2, 0) is 4.74 Å². The van der Waals surface area contributed by atoms with Gasteiger partial charge in [0.25, 0.3) is 0 Å². The lowest BCUT2D eigenvalue weighted by atomic mass is 9.89. The Hall–Kier alpha value is -2.50. The molecule has 1 heterocycles. The van der Waals surface area contributed by atoms with Crippen molar-refractivity contribution in [3.63, 3.8) is 0 Å². The number of nitrogens with zero attached hydrogens (tertiary/aromatic N) is 2. The molecule has 0 aliphatic carbocycles. The zero-order valence-corrected chi connectivity index (χ0v) is 16.0. The Labute approximate surface area is 155 Å². The lowest BCUT2D eigenvalue weighted by Gasteiger charge is -2.30. The number of carbonyl (C=O) groups excluding carboxylic acids is 1. The molecule has 0 spiro atoms. The van der Waals surface area contributed by atoms with E-state index in [1.807, 2.05) is 45.0 Å². The highest BCUT2D eigenvalue weighted by Gasteiger charge is 2.29. The fourth-order valence-corrected chi connectivity index (χ4v) is 2.15. The average molecular weight is 360 g/mol. The second-order valence-corrected chi connectivity index (χ2v) is 7.19. The fourth-order valence-electron chi connectivity index (χ4n) is 2.15. The van der Waals surface area contributed by atoms with E-state index in [9.17, 15) is 4.79 Å². The van der Waals surface area contributed by atoms with Crippen molar-refractivity contribution >= 4 is 6.09 Å². The number of hydrogen-bond donors (Lipinski definition) is 0. The Morgan fingerprint density at radius 3 is 2.35 bits per heavy atom. The zero-order chi connectivity index (χ0) is 19.0. The van der Waals surface area contributed by atoms with Crippen molar-refractivity contribution in [3.05, 3.63) is 43.0 Å². The number of rotatable bonds is 8. The predicted octanol–water partition coefficient (Wildman–Crippen LogP) is 4.54. The van der Waals surface area contributed by atoms with E-state index >= 15 is 0 Å². The minimum Gasteiger partial charge on any atom is -0.494 e. The van der Waals surface area contributed by atoms with Gasteiger partial charge in [0.1, 0.15) is 30.5 Å². The molecular weight excluding hydrogens is 332 g/mol. The first-order valence-electron chi connectivity index (χ1n) is 8.94. The Morgan fingerprint density at radius 2 is 1.81 bits per heavy atom. The molecule has 0 radical (unpaired) electrons. The first-order valence-corrected chi connectivity index (χ1v) is 8.94. The highest BCUT2D eigenvalue weighted by atomic mass is 16.6. The highest BCUT2D eigenvalue weighted by molar-refractivity contribution is 5.70. The lowest BCUT2D eigenvalue weighted by molar-refractivity contribution is 0.00209. The van der Waals surface area contributed by atoms with Gasteiger partial charge in [0.15, 0.2) is 0 Å². The van der Waals surface area contributed by atoms with E-state index in [0.29, 0.717) is 12.4 Å². The van der Waals surface area contributed by atoms with Crippen LogP contribution in [0.1, 0.15) is 40.5 Å². The summed E-state index contributed by atoms with van der Waals surface area (Å²) in [4.78, 5) is 16.0. The first kappa shape index (κ1) is 19.8. The number of ether oxygens (including phenoxy) is 3. The summed E-state index contributed by atoms with van der Waals surface area (Å²) in [6.45, 7) is 9.13. The maximum atomic E-state index is 12.2. The molecule has 2 rings (SSSR count). The second kappa shape index (κ2) is 9.27. The molecule has 0 saturated heterocycles. The number of unbranched alkanes of at least 4 members (excludes halogenated alkanes) is 1.